The van der Waals surface area contributed by atoms with Gasteiger partial charge in [0.25, 0.3) is 5.91 Å². The highest BCUT2D eigenvalue weighted by Gasteiger charge is 2.23. The molecule has 2 aromatic rings. The highest BCUT2D eigenvalue weighted by Crippen LogP contribution is 2.35. The molecule has 0 unspecified atom stereocenters. The second kappa shape index (κ2) is 7.08. The first-order valence-corrected chi connectivity index (χ1v) is 7.92. The van der Waals surface area contributed by atoms with Gasteiger partial charge in [0.05, 0.1) is 5.56 Å². The Bertz CT molecular complexity index is 780. The molecule has 24 heavy (non-hydrogen) atoms. The third-order valence-electron chi connectivity index (χ3n) is 3.89. The zero-order valence-electron chi connectivity index (χ0n) is 13.5. The Morgan fingerprint density at radius 3 is 2.54 bits per heavy atom. The molecule has 0 aliphatic heterocycles. The smallest absolute Gasteiger partial charge is 0.257 e. The van der Waals surface area contributed by atoms with Crippen molar-refractivity contribution in [2.45, 2.75) is 19.8 Å². The van der Waals surface area contributed by atoms with Crippen LogP contribution < -0.4 is 10.6 Å². The summed E-state index contributed by atoms with van der Waals surface area (Å²) in [4.78, 5) is 28.1. The van der Waals surface area contributed by atoms with Crippen molar-refractivity contribution in [1.29, 1.82) is 0 Å². The Balaban J connectivity index is 1.64. The molecule has 0 bridgehead atoms. The number of nitrogens with zero attached hydrogens (tertiary/aromatic N) is 1. The summed E-state index contributed by atoms with van der Waals surface area (Å²) in [6.45, 7) is 1.99. The highest BCUT2D eigenvalue weighted by molar-refractivity contribution is 6.05. The van der Waals surface area contributed by atoms with Crippen LogP contribution in [0.1, 0.15) is 30.1 Å². The monoisotopic (exact) mass is 321 g/mol. The number of anilines is 2. The number of benzene rings is 1. The first-order chi connectivity index (χ1) is 11.6. The summed E-state index contributed by atoms with van der Waals surface area (Å²) in [5, 5.41) is 5.63. The predicted octanol–water partition coefficient (Wildman–Crippen LogP) is 3.63. The molecule has 0 atom stereocenters. The predicted molar refractivity (Wildman–Crippen MR) is 93.7 cm³/mol. The third-order valence-corrected chi connectivity index (χ3v) is 3.89. The molecule has 1 aliphatic carbocycles. The van der Waals surface area contributed by atoms with Crippen LogP contribution in [0.5, 0.6) is 0 Å². The summed E-state index contributed by atoms with van der Waals surface area (Å²) in [6, 6.07) is 10.5. The van der Waals surface area contributed by atoms with E-state index in [0.717, 1.165) is 5.57 Å². The van der Waals surface area contributed by atoms with Crippen molar-refractivity contribution in [2.75, 3.05) is 10.6 Å². The zero-order valence-corrected chi connectivity index (χ0v) is 13.5. The van der Waals surface area contributed by atoms with Gasteiger partial charge in [-0.25, -0.2) is 0 Å². The molecule has 1 heterocycles. The molecule has 2 N–H and O–H groups in total. The molecule has 3 rings (SSSR count). The number of allylic oxidation sites excluding steroid dienone is 1. The maximum Gasteiger partial charge on any atom is 0.257 e. The van der Waals surface area contributed by atoms with E-state index in [4.69, 9.17) is 0 Å². The molecular weight excluding hydrogens is 302 g/mol. The normalized spacial score (nSPS) is 14.1. The molecule has 1 aromatic heterocycles. The van der Waals surface area contributed by atoms with E-state index in [9.17, 15) is 9.59 Å². The summed E-state index contributed by atoms with van der Waals surface area (Å²) in [5.41, 5.74) is 2.86. The fourth-order valence-electron chi connectivity index (χ4n) is 2.42. The lowest BCUT2D eigenvalue weighted by Gasteiger charge is -2.08. The summed E-state index contributed by atoms with van der Waals surface area (Å²) >= 11 is 0. The van der Waals surface area contributed by atoms with Crippen molar-refractivity contribution in [3.63, 3.8) is 0 Å². The molecule has 122 valence electrons. The van der Waals surface area contributed by atoms with Crippen LogP contribution in [0.4, 0.5) is 11.4 Å². The number of hydrogen-bond acceptors (Lipinski definition) is 3. The average molecular weight is 321 g/mol. The quantitative estimate of drug-likeness (QED) is 0.826. The van der Waals surface area contributed by atoms with Crippen LogP contribution in [0.2, 0.25) is 0 Å². The minimum Gasteiger partial charge on any atom is -0.322 e. The molecule has 5 heteroatoms. The van der Waals surface area contributed by atoms with Gasteiger partial charge in [0.2, 0.25) is 5.91 Å². The summed E-state index contributed by atoms with van der Waals surface area (Å²) in [5.74, 6) is 0.187. The fraction of sp³-hybridized carbons (Fsp3) is 0.211. The zero-order chi connectivity index (χ0) is 16.9. The molecule has 0 radical (unpaired) electrons. The Morgan fingerprint density at radius 1 is 1.12 bits per heavy atom. The van der Waals surface area contributed by atoms with E-state index in [0.29, 0.717) is 22.9 Å². The molecule has 2 amide bonds. The molecule has 1 aromatic carbocycles. The van der Waals surface area contributed by atoms with E-state index in [1.807, 2.05) is 6.92 Å². The average Bonchev–Trinajstić information content (AvgIpc) is 3.41. The van der Waals surface area contributed by atoms with Crippen LogP contribution in [0.25, 0.3) is 0 Å². The van der Waals surface area contributed by atoms with Gasteiger partial charge in [-0.2, -0.15) is 0 Å². The van der Waals surface area contributed by atoms with E-state index < -0.39 is 0 Å². The fourth-order valence-corrected chi connectivity index (χ4v) is 2.42. The Morgan fingerprint density at radius 2 is 1.88 bits per heavy atom. The lowest BCUT2D eigenvalue weighted by Crippen LogP contribution is -2.13. The van der Waals surface area contributed by atoms with Gasteiger partial charge in [-0.15, -0.1) is 0 Å². The van der Waals surface area contributed by atoms with Gasteiger partial charge in [0.1, 0.15) is 0 Å². The number of rotatable bonds is 5. The number of aromatic nitrogens is 1. The number of pyridine rings is 1. The SMILES string of the molecule is C/C(=C\C(=O)Nc1cccc(NC(=O)c2cccnc2)c1)C1CC1. The lowest BCUT2D eigenvalue weighted by molar-refractivity contribution is -0.112. The van der Waals surface area contributed by atoms with Crippen LogP contribution in [0.3, 0.4) is 0 Å². The molecule has 1 aliphatic rings. The van der Waals surface area contributed by atoms with Crippen LogP contribution in [-0.2, 0) is 4.79 Å². The van der Waals surface area contributed by atoms with E-state index in [2.05, 4.69) is 15.6 Å². The minimum absolute atomic E-state index is 0.143. The number of hydrogen-bond donors (Lipinski definition) is 2. The summed E-state index contributed by atoms with van der Waals surface area (Å²) < 4.78 is 0. The Kier molecular flexibility index (Phi) is 4.70. The largest absolute Gasteiger partial charge is 0.322 e. The van der Waals surface area contributed by atoms with Gasteiger partial charge < -0.3 is 10.6 Å². The van der Waals surface area contributed by atoms with Gasteiger partial charge >= 0.3 is 0 Å². The molecular formula is C19H19N3O2. The molecule has 5 nitrogen and oxygen atoms in total. The maximum absolute atomic E-state index is 12.1. The van der Waals surface area contributed by atoms with E-state index in [1.165, 1.54) is 19.0 Å². The third kappa shape index (κ3) is 4.29. The van der Waals surface area contributed by atoms with Crippen molar-refractivity contribution >= 4 is 23.2 Å². The Hall–Kier alpha value is -2.95. The van der Waals surface area contributed by atoms with E-state index in [1.54, 1.807) is 48.7 Å². The highest BCUT2D eigenvalue weighted by atomic mass is 16.2. The minimum atomic E-state index is -0.240. The van der Waals surface area contributed by atoms with Crippen molar-refractivity contribution in [2.24, 2.45) is 5.92 Å². The first kappa shape index (κ1) is 15.9. The summed E-state index contributed by atoms with van der Waals surface area (Å²) in [7, 11) is 0. The topological polar surface area (TPSA) is 71.1 Å². The van der Waals surface area contributed by atoms with Crippen LogP contribution >= 0.6 is 0 Å². The van der Waals surface area contributed by atoms with Crippen LogP contribution in [0.15, 0.2) is 60.4 Å². The van der Waals surface area contributed by atoms with Crippen LogP contribution in [-0.4, -0.2) is 16.8 Å². The number of carbonyl (C=O) groups is 2. The summed E-state index contributed by atoms with van der Waals surface area (Å²) in [6.07, 6.45) is 7.12. The van der Waals surface area contributed by atoms with Gasteiger partial charge in [0, 0.05) is 29.8 Å². The van der Waals surface area contributed by atoms with Crippen molar-refractivity contribution in [1.82, 2.24) is 4.98 Å². The van der Waals surface area contributed by atoms with Crippen molar-refractivity contribution < 1.29 is 9.59 Å². The van der Waals surface area contributed by atoms with Gasteiger partial charge in [0.15, 0.2) is 0 Å². The lowest BCUT2D eigenvalue weighted by atomic mass is 10.2. The molecule has 1 saturated carbocycles. The second-order valence-corrected chi connectivity index (χ2v) is 5.93. The maximum atomic E-state index is 12.1. The van der Waals surface area contributed by atoms with E-state index >= 15 is 0 Å². The van der Waals surface area contributed by atoms with E-state index in [-0.39, 0.29) is 11.8 Å². The first-order valence-electron chi connectivity index (χ1n) is 7.92. The standard InChI is InChI=1S/C19H19N3O2/c1-13(14-7-8-14)10-18(23)21-16-5-2-6-17(11-16)22-19(24)15-4-3-9-20-12-15/h2-6,9-12,14H,7-8H2,1H3,(H,21,23)(H,22,24)/b13-10+. The Labute approximate surface area is 140 Å². The van der Waals surface area contributed by atoms with Crippen molar-refractivity contribution in [3.8, 4) is 0 Å². The second-order valence-electron chi connectivity index (χ2n) is 5.93. The number of carbonyl (C=O) groups excluding carboxylic acids is 2. The van der Waals surface area contributed by atoms with Gasteiger partial charge in [-0.1, -0.05) is 11.6 Å². The number of nitrogens with one attached hydrogen (secondary N) is 2. The number of amides is 2. The molecule has 1 fully saturated rings. The van der Waals surface area contributed by atoms with Crippen LogP contribution in [0, 0.1) is 5.92 Å². The molecule has 0 spiro atoms. The molecule has 0 saturated heterocycles. The van der Waals surface area contributed by atoms with Gasteiger partial charge in [-0.05, 0) is 56.0 Å². The van der Waals surface area contributed by atoms with Crippen molar-refractivity contribution in [3.05, 3.63) is 66.0 Å². The van der Waals surface area contributed by atoms with Gasteiger partial charge in [-0.3, -0.25) is 14.6 Å².